The smallest absolute Gasteiger partial charge is 0.240 e. The largest absolute Gasteiger partial charge is 0.497 e. The highest BCUT2D eigenvalue weighted by atomic mass is 16.5. The molecule has 0 N–H and O–H groups in total. The molecule has 3 aliphatic rings. The van der Waals surface area contributed by atoms with E-state index in [4.69, 9.17) is 4.74 Å². The second-order valence-corrected chi connectivity index (χ2v) is 7.63. The third-order valence-corrected chi connectivity index (χ3v) is 6.16. The molecule has 5 rings (SSSR count). The molecule has 3 aliphatic heterocycles. The Kier molecular flexibility index (Phi) is 3.84. The van der Waals surface area contributed by atoms with Crippen molar-refractivity contribution in [3.63, 3.8) is 0 Å². The maximum atomic E-state index is 13.4. The number of para-hydroxylation sites is 1. The van der Waals surface area contributed by atoms with Crippen LogP contribution < -0.4 is 14.5 Å². The Morgan fingerprint density at radius 3 is 2.34 bits per heavy atom. The number of methoxy groups -OCH3 is 1. The molecule has 2 aromatic carbocycles. The Morgan fingerprint density at radius 1 is 0.966 bits per heavy atom. The Morgan fingerprint density at radius 2 is 1.66 bits per heavy atom. The number of carbonyl (C=O) groups is 3. The van der Waals surface area contributed by atoms with Gasteiger partial charge < -0.3 is 9.64 Å². The third-order valence-electron chi connectivity index (χ3n) is 6.16. The number of hydrogen-bond donors (Lipinski definition) is 0. The highest BCUT2D eigenvalue weighted by Gasteiger charge is 2.63. The van der Waals surface area contributed by atoms with E-state index >= 15 is 0 Å². The quantitative estimate of drug-likeness (QED) is 0.757. The van der Waals surface area contributed by atoms with Crippen molar-refractivity contribution < 1.29 is 19.1 Å². The molecule has 29 heavy (non-hydrogen) atoms. The molecule has 0 radical (unpaired) electrons. The number of ether oxygens (including phenoxy) is 1. The molecule has 4 atom stereocenters. The minimum absolute atomic E-state index is 0.106. The fourth-order valence-electron chi connectivity index (χ4n) is 4.96. The minimum Gasteiger partial charge on any atom is -0.497 e. The molecule has 0 bridgehead atoms. The number of nitrogens with zero attached hydrogens (tertiary/aromatic N) is 2. The second kappa shape index (κ2) is 6.30. The summed E-state index contributed by atoms with van der Waals surface area (Å²) in [4.78, 5) is 42.6. The molecule has 2 amide bonds. The number of anilines is 2. The zero-order valence-corrected chi connectivity index (χ0v) is 16.1. The molecule has 0 spiro atoms. The predicted molar refractivity (Wildman–Crippen MR) is 109 cm³/mol. The topological polar surface area (TPSA) is 66.9 Å². The predicted octanol–water partition coefficient (Wildman–Crippen LogP) is 2.67. The van der Waals surface area contributed by atoms with Gasteiger partial charge in [0.05, 0.1) is 30.7 Å². The van der Waals surface area contributed by atoms with Crippen molar-refractivity contribution in [1.29, 1.82) is 0 Å². The highest BCUT2D eigenvalue weighted by molar-refractivity contribution is 6.24. The van der Waals surface area contributed by atoms with Crippen LogP contribution in [0.2, 0.25) is 0 Å². The first-order chi connectivity index (χ1) is 14.0. The summed E-state index contributed by atoms with van der Waals surface area (Å²) < 4.78 is 5.16. The summed E-state index contributed by atoms with van der Waals surface area (Å²) in [6, 6.07) is 13.6. The number of amides is 2. The van der Waals surface area contributed by atoms with Crippen molar-refractivity contribution in [1.82, 2.24) is 0 Å². The normalized spacial score (nSPS) is 27.0. The van der Waals surface area contributed by atoms with Crippen molar-refractivity contribution >= 4 is 35.0 Å². The van der Waals surface area contributed by atoms with Crippen molar-refractivity contribution in [2.45, 2.75) is 19.0 Å². The summed E-state index contributed by atoms with van der Waals surface area (Å²) in [6.45, 7) is 1.50. The van der Waals surface area contributed by atoms with Crippen LogP contribution in [0.1, 0.15) is 12.5 Å². The maximum Gasteiger partial charge on any atom is 0.240 e. The Hall–Kier alpha value is -3.41. The van der Waals surface area contributed by atoms with Gasteiger partial charge in [0.15, 0.2) is 5.78 Å². The van der Waals surface area contributed by atoms with Crippen molar-refractivity contribution in [3.05, 3.63) is 60.2 Å². The molecule has 146 valence electrons. The molecule has 0 saturated carbocycles. The van der Waals surface area contributed by atoms with Crippen LogP contribution in [0.5, 0.6) is 5.75 Å². The molecule has 6 heteroatoms. The average molecular weight is 388 g/mol. The summed E-state index contributed by atoms with van der Waals surface area (Å²) in [6.07, 6.45) is 3.93. The van der Waals surface area contributed by atoms with E-state index in [-0.39, 0.29) is 23.6 Å². The van der Waals surface area contributed by atoms with Crippen LogP contribution in [-0.4, -0.2) is 36.8 Å². The van der Waals surface area contributed by atoms with Crippen molar-refractivity contribution in [2.24, 2.45) is 11.8 Å². The number of rotatable bonds is 3. The Labute approximate surface area is 168 Å². The van der Waals surface area contributed by atoms with Gasteiger partial charge in [-0.15, -0.1) is 0 Å². The van der Waals surface area contributed by atoms with Crippen LogP contribution >= 0.6 is 0 Å². The molecule has 0 aliphatic carbocycles. The summed E-state index contributed by atoms with van der Waals surface area (Å²) in [7, 11) is 1.56. The lowest BCUT2D eigenvalue weighted by Crippen LogP contribution is -2.48. The van der Waals surface area contributed by atoms with Gasteiger partial charge in [0.1, 0.15) is 11.8 Å². The van der Waals surface area contributed by atoms with Gasteiger partial charge in [-0.05, 0) is 42.8 Å². The van der Waals surface area contributed by atoms with E-state index in [9.17, 15) is 14.4 Å². The Balaban J connectivity index is 1.59. The SMILES string of the molecule is COc1ccc(N2C(=O)[C@@H]3[C@H](C2=O)[C@H]2C=Cc4ccccc4N2[C@@H]3C(C)=O)cc1. The molecule has 2 saturated heterocycles. The molecular weight excluding hydrogens is 368 g/mol. The van der Waals surface area contributed by atoms with Gasteiger partial charge >= 0.3 is 0 Å². The number of imide groups is 1. The number of carbonyl (C=O) groups excluding carboxylic acids is 3. The van der Waals surface area contributed by atoms with Crippen LogP contribution in [0.15, 0.2) is 54.6 Å². The number of fused-ring (bicyclic) bond motifs is 5. The lowest BCUT2D eigenvalue weighted by atomic mass is 9.88. The van der Waals surface area contributed by atoms with Gasteiger partial charge in [0, 0.05) is 5.69 Å². The summed E-state index contributed by atoms with van der Waals surface area (Å²) in [5.74, 6) is -1.30. The number of ketones is 1. The summed E-state index contributed by atoms with van der Waals surface area (Å²) in [5, 5.41) is 0. The molecule has 0 aromatic heterocycles. The Bertz CT molecular complexity index is 1060. The highest BCUT2D eigenvalue weighted by Crippen LogP contribution is 2.49. The first-order valence-corrected chi connectivity index (χ1v) is 9.61. The lowest BCUT2D eigenvalue weighted by Gasteiger charge is -2.36. The van der Waals surface area contributed by atoms with Crippen LogP contribution in [0, 0.1) is 11.8 Å². The van der Waals surface area contributed by atoms with E-state index in [1.54, 1.807) is 31.4 Å². The molecular formula is C23H20N2O4. The van der Waals surface area contributed by atoms with Gasteiger partial charge in [-0.3, -0.25) is 14.4 Å². The molecule has 6 nitrogen and oxygen atoms in total. The van der Waals surface area contributed by atoms with Gasteiger partial charge in [-0.2, -0.15) is 0 Å². The average Bonchev–Trinajstić information content (AvgIpc) is 3.21. The second-order valence-electron chi connectivity index (χ2n) is 7.63. The van der Waals surface area contributed by atoms with Gasteiger partial charge in [-0.25, -0.2) is 4.90 Å². The molecule has 2 aromatic rings. The number of hydrogen-bond acceptors (Lipinski definition) is 5. The molecule has 3 heterocycles. The van der Waals surface area contributed by atoms with Gasteiger partial charge in [-0.1, -0.05) is 30.4 Å². The van der Waals surface area contributed by atoms with Crippen LogP contribution in [-0.2, 0) is 14.4 Å². The first-order valence-electron chi connectivity index (χ1n) is 9.61. The van der Waals surface area contributed by atoms with Crippen LogP contribution in [0.25, 0.3) is 6.08 Å². The lowest BCUT2D eigenvalue weighted by molar-refractivity contribution is -0.126. The van der Waals surface area contributed by atoms with Gasteiger partial charge in [0.25, 0.3) is 0 Å². The fourth-order valence-corrected chi connectivity index (χ4v) is 4.96. The van der Waals surface area contributed by atoms with Gasteiger partial charge in [0.2, 0.25) is 11.8 Å². The van der Waals surface area contributed by atoms with Crippen LogP contribution in [0.3, 0.4) is 0 Å². The van der Waals surface area contributed by atoms with Crippen molar-refractivity contribution in [3.8, 4) is 5.75 Å². The molecule has 2 fully saturated rings. The zero-order chi connectivity index (χ0) is 20.3. The monoisotopic (exact) mass is 388 g/mol. The maximum absolute atomic E-state index is 13.4. The van der Waals surface area contributed by atoms with Crippen LogP contribution in [0.4, 0.5) is 11.4 Å². The minimum atomic E-state index is -0.692. The summed E-state index contributed by atoms with van der Waals surface area (Å²) in [5.41, 5.74) is 2.39. The first kappa shape index (κ1) is 17.7. The number of Topliss-reactive ketones (excluding diaryl/α,β-unsaturated/α-hetero) is 1. The van der Waals surface area contributed by atoms with E-state index in [0.29, 0.717) is 11.4 Å². The van der Waals surface area contributed by atoms with Crippen molar-refractivity contribution in [2.75, 3.05) is 16.9 Å². The van der Waals surface area contributed by atoms with E-state index < -0.39 is 17.9 Å². The van der Waals surface area contributed by atoms with E-state index in [1.807, 2.05) is 41.3 Å². The third kappa shape index (κ3) is 2.38. The fraction of sp³-hybridized carbons (Fsp3) is 0.261. The van der Waals surface area contributed by atoms with E-state index in [2.05, 4.69) is 0 Å². The number of benzene rings is 2. The zero-order valence-electron chi connectivity index (χ0n) is 16.1. The standard InChI is InChI=1S/C23H20N2O4/c1-13(26)21-20-19(18-12-7-14-5-3-4-6-17(14)25(18)21)22(27)24(23(20)28)15-8-10-16(29-2)11-9-15/h3-12,18-21H,1-2H3/t18-,19-,20-,21-/m1/s1. The van der Waals surface area contributed by atoms with E-state index in [1.165, 1.54) is 11.8 Å². The van der Waals surface area contributed by atoms with E-state index in [0.717, 1.165) is 11.3 Å². The summed E-state index contributed by atoms with van der Waals surface area (Å²) >= 11 is 0. The molecule has 0 unspecified atom stereocenters.